The van der Waals surface area contributed by atoms with Crippen LogP contribution in [0.2, 0.25) is 0 Å². The Hall–Kier alpha value is -1.41. The molecular weight excluding hydrogens is 160 g/mol. The number of hydrogen-bond acceptors (Lipinski definition) is 3. The molecule has 0 radical (unpaired) electrons. The first-order chi connectivity index (χ1) is 5.34. The van der Waals surface area contributed by atoms with Gasteiger partial charge in [0.05, 0.1) is 12.7 Å². The Kier molecular flexibility index (Phi) is 2.58. The highest BCUT2D eigenvalue weighted by Crippen LogP contribution is 1.88. The molecule has 1 rings (SSSR count). The Morgan fingerprint density at radius 1 is 1.91 bits per heavy atom. The summed E-state index contributed by atoms with van der Waals surface area (Å²) in [6, 6.07) is 0. The lowest BCUT2D eigenvalue weighted by molar-refractivity contribution is 0.934. The number of H-pyrrole nitrogens is 1. The van der Waals surface area contributed by atoms with E-state index in [-0.39, 0.29) is 0 Å². The normalized spacial score (nSPS) is 8.64. The van der Waals surface area contributed by atoms with Gasteiger partial charge in [-0.3, -0.25) is 0 Å². The monoisotopic (exact) mass is 166 g/mol. The van der Waals surface area contributed by atoms with Crippen LogP contribution in [-0.2, 0) is 0 Å². The Labute approximate surface area is 69.4 Å². The summed E-state index contributed by atoms with van der Waals surface area (Å²) in [6.07, 6.45) is 6.55. The van der Waals surface area contributed by atoms with E-state index < -0.39 is 0 Å². The van der Waals surface area contributed by atoms with Gasteiger partial charge in [0, 0.05) is 0 Å². The molecule has 1 aromatic rings. The number of thiocarbonyl (C=S) groups is 1. The van der Waals surface area contributed by atoms with E-state index in [1.165, 1.54) is 6.20 Å². The minimum Gasteiger partial charge on any atom is -0.363 e. The second kappa shape index (κ2) is 3.68. The van der Waals surface area contributed by atoms with Crippen LogP contribution in [0.15, 0.2) is 6.20 Å². The SMILES string of the molecule is C#CCNC(=S)c1cn[nH]n1. The van der Waals surface area contributed by atoms with Gasteiger partial charge in [0.15, 0.2) is 0 Å². The molecule has 0 saturated carbocycles. The summed E-state index contributed by atoms with van der Waals surface area (Å²) in [5, 5.41) is 12.6. The molecule has 0 atom stereocenters. The smallest absolute Gasteiger partial charge is 0.139 e. The van der Waals surface area contributed by atoms with Gasteiger partial charge in [0.1, 0.15) is 10.7 Å². The Bertz CT molecular complexity index is 271. The van der Waals surface area contributed by atoms with Crippen LogP contribution in [-0.4, -0.2) is 26.9 Å². The van der Waals surface area contributed by atoms with Crippen molar-refractivity contribution in [1.82, 2.24) is 20.7 Å². The molecule has 0 aromatic carbocycles. The van der Waals surface area contributed by atoms with Crippen molar-refractivity contribution in [2.24, 2.45) is 0 Å². The number of rotatable bonds is 2. The molecule has 0 bridgehead atoms. The number of terminal acetylenes is 1. The van der Waals surface area contributed by atoms with E-state index >= 15 is 0 Å². The summed E-state index contributed by atoms with van der Waals surface area (Å²) in [5.74, 6) is 2.40. The molecular formula is C6H6N4S. The van der Waals surface area contributed by atoms with E-state index in [0.29, 0.717) is 17.2 Å². The summed E-state index contributed by atoms with van der Waals surface area (Å²) in [5.41, 5.74) is 0.607. The number of hydrogen-bond donors (Lipinski definition) is 2. The van der Waals surface area contributed by atoms with Crippen molar-refractivity contribution < 1.29 is 0 Å². The molecule has 4 nitrogen and oxygen atoms in total. The fraction of sp³-hybridized carbons (Fsp3) is 0.167. The number of nitrogens with one attached hydrogen (secondary N) is 2. The topological polar surface area (TPSA) is 53.6 Å². The van der Waals surface area contributed by atoms with Crippen LogP contribution in [0.4, 0.5) is 0 Å². The molecule has 0 saturated heterocycles. The molecule has 0 amide bonds. The van der Waals surface area contributed by atoms with Crippen molar-refractivity contribution in [3.8, 4) is 12.3 Å². The van der Waals surface area contributed by atoms with Crippen LogP contribution in [0.25, 0.3) is 0 Å². The first-order valence-electron chi connectivity index (χ1n) is 2.92. The van der Waals surface area contributed by atoms with E-state index in [1.807, 2.05) is 0 Å². The van der Waals surface area contributed by atoms with Crippen molar-refractivity contribution in [3.63, 3.8) is 0 Å². The lowest BCUT2D eigenvalue weighted by Crippen LogP contribution is -2.22. The maximum atomic E-state index is 5.01. The van der Waals surface area contributed by atoms with E-state index in [2.05, 4.69) is 26.6 Å². The third-order valence-electron chi connectivity index (χ3n) is 0.999. The molecule has 2 N–H and O–H groups in total. The van der Waals surface area contributed by atoms with Gasteiger partial charge in [0.25, 0.3) is 0 Å². The zero-order valence-corrected chi connectivity index (χ0v) is 6.48. The average Bonchev–Trinajstić information content (AvgIpc) is 2.52. The molecule has 0 fully saturated rings. The van der Waals surface area contributed by atoms with E-state index in [9.17, 15) is 0 Å². The van der Waals surface area contributed by atoms with E-state index in [0.717, 1.165) is 0 Å². The van der Waals surface area contributed by atoms with Crippen LogP contribution in [0.5, 0.6) is 0 Å². The molecule has 1 heterocycles. The number of nitrogens with zero attached hydrogens (tertiary/aromatic N) is 2. The molecule has 0 aliphatic rings. The fourth-order valence-electron chi connectivity index (χ4n) is 0.533. The summed E-state index contributed by atoms with van der Waals surface area (Å²) in [7, 11) is 0. The lowest BCUT2D eigenvalue weighted by Gasteiger charge is -1.97. The highest BCUT2D eigenvalue weighted by molar-refractivity contribution is 7.80. The molecule has 0 unspecified atom stereocenters. The minimum absolute atomic E-state index is 0.408. The standard InChI is InChI=1S/C6H6N4S/c1-2-3-7-6(11)5-4-8-10-9-5/h1,4H,3H2,(H,7,11)(H,8,9,10). The van der Waals surface area contributed by atoms with Crippen molar-refractivity contribution in [2.75, 3.05) is 6.54 Å². The third kappa shape index (κ3) is 2.02. The summed E-state index contributed by atoms with van der Waals surface area (Å²) < 4.78 is 0. The van der Waals surface area contributed by atoms with Crippen LogP contribution in [0.1, 0.15) is 5.69 Å². The Morgan fingerprint density at radius 2 is 2.73 bits per heavy atom. The Balaban J connectivity index is 2.51. The molecule has 56 valence electrons. The number of aromatic amines is 1. The first kappa shape index (κ1) is 7.69. The highest BCUT2D eigenvalue weighted by Gasteiger charge is 2.00. The Morgan fingerprint density at radius 3 is 3.27 bits per heavy atom. The molecule has 11 heavy (non-hydrogen) atoms. The maximum absolute atomic E-state index is 5.01. The van der Waals surface area contributed by atoms with Gasteiger partial charge in [-0.1, -0.05) is 18.1 Å². The van der Waals surface area contributed by atoms with Crippen LogP contribution < -0.4 is 5.32 Å². The zero-order chi connectivity index (χ0) is 8.10. The van der Waals surface area contributed by atoms with Crippen molar-refractivity contribution >= 4 is 17.2 Å². The van der Waals surface area contributed by atoms with E-state index in [4.69, 9.17) is 18.6 Å². The van der Waals surface area contributed by atoms with Crippen molar-refractivity contribution in [1.29, 1.82) is 0 Å². The lowest BCUT2D eigenvalue weighted by atomic mass is 10.4. The van der Waals surface area contributed by atoms with Gasteiger partial charge in [0.2, 0.25) is 0 Å². The second-order valence-electron chi connectivity index (χ2n) is 1.74. The zero-order valence-electron chi connectivity index (χ0n) is 5.66. The molecule has 1 aromatic heterocycles. The summed E-state index contributed by atoms with van der Waals surface area (Å²) in [6.45, 7) is 0.408. The predicted octanol–water partition coefficient (Wildman–Crippen LogP) is -0.297. The second-order valence-corrected chi connectivity index (χ2v) is 2.15. The molecule has 0 aliphatic heterocycles. The molecule has 0 spiro atoms. The summed E-state index contributed by atoms with van der Waals surface area (Å²) >= 11 is 4.91. The molecule has 5 heteroatoms. The fourth-order valence-corrected chi connectivity index (χ4v) is 0.703. The first-order valence-corrected chi connectivity index (χ1v) is 3.33. The van der Waals surface area contributed by atoms with Crippen molar-refractivity contribution in [2.45, 2.75) is 0 Å². The quantitative estimate of drug-likeness (QED) is 0.468. The minimum atomic E-state index is 0.408. The van der Waals surface area contributed by atoms with Crippen molar-refractivity contribution in [3.05, 3.63) is 11.9 Å². The summed E-state index contributed by atoms with van der Waals surface area (Å²) in [4.78, 5) is 0.511. The maximum Gasteiger partial charge on any atom is 0.139 e. The highest BCUT2D eigenvalue weighted by atomic mass is 32.1. The van der Waals surface area contributed by atoms with Gasteiger partial charge in [-0.05, 0) is 0 Å². The van der Waals surface area contributed by atoms with Gasteiger partial charge >= 0.3 is 0 Å². The third-order valence-corrected chi connectivity index (χ3v) is 1.35. The van der Waals surface area contributed by atoms with Gasteiger partial charge < -0.3 is 5.32 Å². The molecule has 0 aliphatic carbocycles. The number of aromatic nitrogens is 3. The largest absolute Gasteiger partial charge is 0.363 e. The van der Waals surface area contributed by atoms with Crippen LogP contribution in [0, 0.1) is 12.3 Å². The predicted molar refractivity (Wildman–Crippen MR) is 44.9 cm³/mol. The van der Waals surface area contributed by atoms with Gasteiger partial charge in [-0.25, -0.2) is 0 Å². The van der Waals surface area contributed by atoms with Gasteiger partial charge in [-0.2, -0.15) is 15.4 Å². The average molecular weight is 166 g/mol. The van der Waals surface area contributed by atoms with Crippen LogP contribution >= 0.6 is 12.2 Å². The van der Waals surface area contributed by atoms with Gasteiger partial charge in [-0.15, -0.1) is 6.42 Å². The van der Waals surface area contributed by atoms with Crippen LogP contribution in [0.3, 0.4) is 0 Å². The van der Waals surface area contributed by atoms with E-state index in [1.54, 1.807) is 0 Å².